The van der Waals surface area contributed by atoms with Gasteiger partial charge < -0.3 is 62.7 Å². The number of hydrogen-bond donors (Lipinski definition) is 4. The summed E-state index contributed by atoms with van der Waals surface area (Å²) < 4.78 is 31.0. The largest absolute Gasteiger partial charge is 1.00 e. The van der Waals surface area contributed by atoms with Gasteiger partial charge >= 0.3 is 29.6 Å². The number of aromatic amines is 1. The summed E-state index contributed by atoms with van der Waals surface area (Å²) in [6.45, 7) is 43.7. The minimum atomic E-state index is -0.525. The number of hydrogen-bond acceptors (Lipinski definition) is 17. The zero-order valence-electron chi connectivity index (χ0n) is 80.7. The van der Waals surface area contributed by atoms with E-state index >= 15 is 0 Å². The van der Waals surface area contributed by atoms with Crippen molar-refractivity contribution in [2.75, 3.05) is 19.8 Å². The van der Waals surface area contributed by atoms with Gasteiger partial charge in [-0.2, -0.15) is 0 Å². The van der Waals surface area contributed by atoms with Gasteiger partial charge in [0.15, 0.2) is 23.2 Å². The van der Waals surface area contributed by atoms with E-state index < -0.39 is 6.10 Å². The second kappa shape index (κ2) is 59.9. The van der Waals surface area contributed by atoms with Gasteiger partial charge in [0.05, 0.1) is 43.5 Å². The van der Waals surface area contributed by atoms with E-state index in [1.165, 1.54) is 145 Å². The summed E-state index contributed by atoms with van der Waals surface area (Å²) in [5.41, 5.74) is 20.9. The van der Waals surface area contributed by atoms with Crippen molar-refractivity contribution in [1.82, 2.24) is 37.4 Å². The molecule has 1 fully saturated rings. The van der Waals surface area contributed by atoms with Gasteiger partial charge in [-0.1, -0.05) is 171 Å². The maximum absolute atomic E-state index is 12.2. The SMILES string of the molecule is C1CCOC1.CCCCn1cc2c(c(C=O)c1=S)CCCC2.CCCCn1cc2c(c(CO)c1=S)CCCC2.CCCCn1cc2c(c(CSc3nc4ccccc4o3)c1=S)CCCC2.CCO.S=c1[nH]c2ccccc2o1.[B].[C-]#[N+]c1c2c(cn(CCCC)c1=O)C(=O)CCC2.[C-]#[N+]c1c2c(cn(CCCC)c1=O)C(O)CCC2.[C-]#[N+]c1c2c(cn(CCCC)c1=S)CCCC2.[H-].[Na+]. The number of aromatic nitrogens is 8. The Morgan fingerprint density at radius 3 is 1.39 bits per heavy atom. The van der Waals surface area contributed by atoms with Gasteiger partial charge in [-0.15, -0.1) is 0 Å². The van der Waals surface area contributed by atoms with Gasteiger partial charge in [0, 0.05) is 134 Å². The van der Waals surface area contributed by atoms with Crippen LogP contribution in [0.25, 0.3) is 36.7 Å². The summed E-state index contributed by atoms with van der Waals surface area (Å²) in [5, 5.41) is 27.8. The third kappa shape index (κ3) is 31.5. The number of aliphatic hydroxyl groups excluding tert-OH is 3. The molecule has 2 aromatic carbocycles. The molecule has 0 amide bonds. The molecule has 1 saturated heterocycles. The Morgan fingerprint density at radius 2 is 0.902 bits per heavy atom. The Kier molecular flexibility index (Phi) is 50.5. The number of oxazole rings is 2. The third-order valence-corrected chi connectivity index (χ3v) is 27.5. The number of para-hydroxylation sites is 4. The number of carbonyl (C=O) groups excluding carboxylic acids is 2. The van der Waals surface area contributed by atoms with Crippen LogP contribution in [0.15, 0.2) is 109 Å². The van der Waals surface area contributed by atoms with Gasteiger partial charge in [0.1, 0.15) is 24.1 Å². The topological polar surface area (TPSA) is 236 Å². The van der Waals surface area contributed by atoms with Gasteiger partial charge in [-0.25, -0.2) is 19.5 Å². The zero-order chi connectivity index (χ0) is 94.1. The van der Waals surface area contributed by atoms with E-state index in [9.17, 15) is 29.4 Å². The first-order valence-electron chi connectivity index (χ1n) is 47.9. The van der Waals surface area contributed by atoms with Gasteiger partial charge in [0.25, 0.3) is 32.6 Å². The Morgan fingerprint density at radius 1 is 0.481 bits per heavy atom. The molecule has 21 nitrogen and oxygen atoms in total. The number of ether oxygens (including phenoxy) is 1. The molecule has 9 heterocycles. The average Bonchev–Trinajstić information content (AvgIpc) is 1.86. The molecule has 0 saturated carbocycles. The predicted octanol–water partition coefficient (Wildman–Crippen LogP) is 23.2. The summed E-state index contributed by atoms with van der Waals surface area (Å²) in [5.74, 6) is 0.896. The van der Waals surface area contributed by atoms with E-state index in [0.717, 1.165) is 254 Å². The number of unbranched alkanes of at least 4 members (excludes halogenated alkanes) is 6. The van der Waals surface area contributed by atoms with Crippen molar-refractivity contribution in [1.29, 1.82) is 0 Å². The van der Waals surface area contributed by atoms with Gasteiger partial charge in [-0.05, 0) is 284 Å². The van der Waals surface area contributed by atoms with E-state index in [-0.39, 0.29) is 80.9 Å². The van der Waals surface area contributed by atoms with E-state index in [0.29, 0.717) is 41.9 Å². The first-order valence-corrected chi connectivity index (χ1v) is 50.9. The monoisotopic (exact) mass is 1920 g/mol. The molecule has 1 unspecified atom stereocenters. The number of nitrogens with zero attached hydrogens (tertiary/aromatic N) is 10. The van der Waals surface area contributed by atoms with Crippen LogP contribution in [0.5, 0.6) is 0 Å². The molecular weight excluding hydrogens is 1790 g/mol. The molecule has 29 heteroatoms. The standard InChI is InChI=1S/C21H24N2OS2.C14H18N2O2.C14H16N2O2.C14H18N2S.C14H21NOS.C14H19NOS.C7H5NOS.C4H8O.C2H6O.B.Na.H/c1-2-3-12-23-13-15-8-4-5-9-16(15)17(20(23)25)14-26-21-22-18-10-6-7-11-19(18)24-21;2*1-3-4-8-16-9-11-10(6-5-7-12(11)17)13(15-2)14(16)18;1-3-4-9-16-10-11-7-5-6-8-12(11)13(15-2)14(16)17;2*1-2-3-8-15-9-11-6-4-5-7-12(11)13(10-16)14(15)17;10-7-8-5-3-1-2-4-6(5)9-7;1-2-4-5-3-1;1-2-3;;;/h6-7,10-11,13H,2-5,8-9,12,14H2,1H3;9,12,17H,3-8H2,1H3;9H,3-8H2,1H3;10H,3-9H2,1H3;9,16H,2-8,10H2,1H3;9-10H,2-8H2,1H3;1-4H,(H,8,10);1-4H2;3H,2H2,1H3;;;/q;;;;;;;;;;+1;-1. The van der Waals surface area contributed by atoms with Crippen LogP contribution in [0, 0.1) is 43.1 Å². The summed E-state index contributed by atoms with van der Waals surface area (Å²) in [6, 6.07) is 15.6. The minimum absolute atomic E-state index is 0. The fourth-order valence-electron chi connectivity index (χ4n) is 17.5. The maximum Gasteiger partial charge on any atom is 1.00 e. The molecule has 8 aromatic heterocycles. The average molecular weight is 1930 g/mol. The zero-order valence-corrected chi connectivity index (χ0v) is 86.6. The number of nitrogens with one attached hydrogen (secondary N) is 1. The summed E-state index contributed by atoms with van der Waals surface area (Å²) >= 11 is 28.7. The number of rotatable bonds is 23. The fraction of sp³-hybridized carbons (Fsp3) is 0.529. The van der Waals surface area contributed by atoms with Gasteiger partial charge in [-0.3, -0.25) is 19.2 Å². The molecule has 1 atom stereocenters. The number of aldehydes is 1. The van der Waals surface area contributed by atoms with Crippen LogP contribution in [0.4, 0.5) is 17.1 Å². The fourth-order valence-corrected chi connectivity index (χ4v) is 20.0. The molecule has 6 aliphatic carbocycles. The van der Waals surface area contributed by atoms with Crippen LogP contribution in [0.1, 0.15) is 316 Å². The molecule has 3 radical (unpaired) electrons. The van der Waals surface area contributed by atoms with Crippen LogP contribution in [-0.2, 0) is 121 Å². The van der Waals surface area contributed by atoms with Crippen LogP contribution in [0.2, 0.25) is 0 Å². The van der Waals surface area contributed by atoms with Crippen molar-refractivity contribution >= 4 is 133 Å². The number of aryl methyl sites for hydroxylation is 10. The van der Waals surface area contributed by atoms with Crippen LogP contribution >= 0.6 is 72.9 Å². The Balaban J connectivity index is 0.000000238. The van der Waals surface area contributed by atoms with Gasteiger partial charge in [0.2, 0.25) is 5.69 Å². The number of H-pyrrole nitrogens is 1. The number of Topliss-reactive ketones (excluding diaryl/α,β-unsaturated/α-hetero) is 1. The molecule has 707 valence electrons. The Labute approximate surface area is 842 Å². The molecule has 133 heavy (non-hydrogen) atoms. The van der Waals surface area contributed by atoms with Crippen molar-refractivity contribution in [2.45, 2.75) is 343 Å². The second-order valence-corrected chi connectivity index (χ2v) is 37.0. The van der Waals surface area contributed by atoms with Crippen LogP contribution in [-0.4, -0.2) is 93.0 Å². The molecule has 0 bridgehead atoms. The number of ketones is 1. The number of thioether (sulfide) groups is 1. The number of benzene rings is 2. The number of carbonyl (C=O) groups is 2. The number of pyridine rings is 6. The minimum Gasteiger partial charge on any atom is -1.00 e. The van der Waals surface area contributed by atoms with Crippen LogP contribution < -0.4 is 40.7 Å². The molecule has 7 aliphatic rings. The molecule has 1 aliphatic heterocycles. The third-order valence-electron chi connectivity index (χ3n) is 24.7. The summed E-state index contributed by atoms with van der Waals surface area (Å²) in [7, 11) is 0. The first-order chi connectivity index (χ1) is 63.7. The van der Waals surface area contributed by atoms with Crippen LogP contribution in [0.3, 0.4) is 0 Å². The molecule has 17 rings (SSSR count). The van der Waals surface area contributed by atoms with E-state index in [2.05, 4.69) is 102 Å². The van der Waals surface area contributed by atoms with Crippen molar-refractivity contribution in [3.8, 4) is 0 Å². The van der Waals surface area contributed by atoms with E-state index in [1.807, 2.05) is 55.5 Å². The Hall–Kier alpha value is -7.96. The molecule has 10 aromatic rings. The quantitative estimate of drug-likeness (QED) is 0.0153. The smallest absolute Gasteiger partial charge is 1.00 e. The predicted molar refractivity (Wildman–Crippen MR) is 548 cm³/mol. The molecule has 0 spiro atoms. The molecular formula is C104H136BN11NaO10S6. The van der Waals surface area contributed by atoms with E-state index in [4.69, 9.17) is 99.5 Å². The number of fused-ring (bicyclic) bond motifs is 8. The first kappa shape index (κ1) is 112. The maximum atomic E-state index is 12.2. The van der Waals surface area contributed by atoms with Crippen molar-refractivity contribution < 1.29 is 69.5 Å². The van der Waals surface area contributed by atoms with Crippen molar-refractivity contribution in [3.63, 3.8) is 0 Å². The number of aliphatic hydroxyl groups is 3. The molecule has 4 N–H and O–H groups in total. The van der Waals surface area contributed by atoms with Crippen molar-refractivity contribution in [2.24, 2.45) is 0 Å². The summed E-state index contributed by atoms with van der Waals surface area (Å²) in [6.07, 6.45) is 51.3. The normalized spacial score (nSPS) is 14.4. The van der Waals surface area contributed by atoms with E-state index in [1.54, 1.807) is 35.6 Å². The second-order valence-electron chi connectivity index (χ2n) is 34.2. The Bertz CT molecular complexity index is 5990. The van der Waals surface area contributed by atoms with Crippen molar-refractivity contribution in [3.05, 3.63) is 248 Å². The summed E-state index contributed by atoms with van der Waals surface area (Å²) in [4.78, 5) is 65.7.